The zero-order valence-corrected chi connectivity index (χ0v) is 29.6. The molecule has 0 spiro atoms. The Balaban J connectivity index is 0.000000258. The van der Waals surface area contributed by atoms with Gasteiger partial charge in [-0.15, -0.1) is 70.8 Å². The number of rotatable bonds is 2. The number of aromatic nitrogens is 2. The van der Waals surface area contributed by atoms with E-state index in [4.69, 9.17) is 4.98 Å². The number of benzene rings is 4. The zero-order valence-electron chi connectivity index (χ0n) is 27.2. The maximum absolute atomic E-state index is 4.82. The molecule has 0 bridgehead atoms. The van der Waals surface area contributed by atoms with Crippen LogP contribution in [-0.4, -0.2) is 9.97 Å². The van der Waals surface area contributed by atoms with Crippen LogP contribution >= 0.6 is 0 Å². The van der Waals surface area contributed by atoms with Crippen molar-refractivity contribution in [1.29, 1.82) is 0 Å². The number of hydrogen-bond donors (Lipinski definition) is 0. The molecule has 229 valence electrons. The first-order valence-corrected chi connectivity index (χ1v) is 15.4. The average molecular weight is 765 g/mol. The Morgan fingerprint density at radius 1 is 0.600 bits per heavy atom. The molecule has 0 aliphatic heterocycles. The van der Waals surface area contributed by atoms with Gasteiger partial charge in [0.05, 0.1) is 0 Å². The minimum Gasteiger partial charge on any atom is -0.305 e. The quantitative estimate of drug-likeness (QED) is 0.164. The van der Waals surface area contributed by atoms with Crippen molar-refractivity contribution >= 4 is 10.8 Å². The van der Waals surface area contributed by atoms with Crippen molar-refractivity contribution in [2.75, 3.05) is 0 Å². The molecule has 1 aliphatic rings. The first kappa shape index (κ1) is 32.5. The van der Waals surface area contributed by atoms with Crippen molar-refractivity contribution in [3.8, 4) is 22.5 Å². The Kier molecular flexibility index (Phi) is 9.00. The van der Waals surface area contributed by atoms with Crippen molar-refractivity contribution in [1.82, 2.24) is 9.97 Å². The van der Waals surface area contributed by atoms with Crippen molar-refractivity contribution in [2.24, 2.45) is 0 Å². The van der Waals surface area contributed by atoms with Gasteiger partial charge in [0.15, 0.2) is 0 Å². The fourth-order valence-electron chi connectivity index (χ4n) is 6.71. The van der Waals surface area contributed by atoms with Gasteiger partial charge in [-0.1, -0.05) is 103 Å². The van der Waals surface area contributed by atoms with Gasteiger partial charge in [-0.05, 0) is 67.2 Å². The fourth-order valence-corrected chi connectivity index (χ4v) is 6.71. The molecule has 2 aromatic heterocycles. The van der Waals surface area contributed by atoms with Gasteiger partial charge in [-0.3, -0.25) is 0 Å². The molecule has 0 fully saturated rings. The van der Waals surface area contributed by atoms with Crippen LogP contribution in [0.25, 0.3) is 33.3 Å². The molecule has 1 radical (unpaired) electrons. The maximum Gasteiger partial charge on any atom is 0.0163 e. The van der Waals surface area contributed by atoms with E-state index in [1.54, 1.807) is 6.20 Å². The Morgan fingerprint density at radius 2 is 1.29 bits per heavy atom. The van der Waals surface area contributed by atoms with Crippen molar-refractivity contribution in [3.63, 3.8) is 0 Å². The van der Waals surface area contributed by atoms with E-state index in [0.29, 0.717) is 0 Å². The molecule has 45 heavy (non-hydrogen) atoms. The summed E-state index contributed by atoms with van der Waals surface area (Å²) in [5.74, 6) is 0. The maximum atomic E-state index is 4.82. The molecule has 0 saturated heterocycles. The van der Waals surface area contributed by atoms with Crippen LogP contribution in [0.15, 0.2) is 116 Å². The minimum atomic E-state index is -0.156. The topological polar surface area (TPSA) is 25.8 Å². The summed E-state index contributed by atoms with van der Waals surface area (Å²) in [5, 5.41) is 2.66. The number of pyridine rings is 2. The van der Waals surface area contributed by atoms with E-state index in [1.807, 2.05) is 48.7 Å². The molecular weight excluding hydrogens is 725 g/mol. The Hall–Kier alpha value is -3.91. The zero-order chi connectivity index (χ0) is 31.1. The normalized spacial score (nSPS) is 14.3. The van der Waals surface area contributed by atoms with Crippen LogP contribution in [-0.2, 0) is 36.4 Å². The molecule has 7 rings (SSSR count). The summed E-state index contributed by atoms with van der Waals surface area (Å²) < 4.78 is 0. The third-order valence-corrected chi connectivity index (χ3v) is 9.05. The van der Waals surface area contributed by atoms with Gasteiger partial charge in [0.2, 0.25) is 0 Å². The fraction of sp³-hybridized carbons (Fsp3) is 0.238. The smallest absolute Gasteiger partial charge is 0.0163 e. The summed E-state index contributed by atoms with van der Waals surface area (Å²) in [7, 11) is 0. The summed E-state index contributed by atoms with van der Waals surface area (Å²) in [6.07, 6.45) is 3.74. The third kappa shape index (κ3) is 6.04. The second-order valence-corrected chi connectivity index (χ2v) is 13.8. The van der Waals surface area contributed by atoms with Gasteiger partial charge in [0.25, 0.3) is 0 Å². The Morgan fingerprint density at radius 3 is 2.00 bits per heavy atom. The minimum absolute atomic E-state index is 0. The summed E-state index contributed by atoms with van der Waals surface area (Å²) in [5.41, 5.74) is 10.8. The van der Waals surface area contributed by atoms with E-state index in [-0.39, 0.29) is 36.4 Å². The van der Waals surface area contributed by atoms with Crippen LogP contribution in [0.5, 0.6) is 0 Å². The third-order valence-electron chi connectivity index (χ3n) is 9.05. The largest absolute Gasteiger partial charge is 0.305 e. The molecule has 2 nitrogen and oxygen atoms in total. The van der Waals surface area contributed by atoms with Crippen LogP contribution in [0.2, 0.25) is 0 Å². The van der Waals surface area contributed by atoms with E-state index < -0.39 is 0 Å². The molecule has 0 unspecified atom stereocenters. The number of hydrogen-bond acceptors (Lipinski definition) is 2. The second-order valence-electron chi connectivity index (χ2n) is 13.8. The van der Waals surface area contributed by atoms with Gasteiger partial charge in [0.1, 0.15) is 0 Å². The second kappa shape index (κ2) is 12.5. The summed E-state index contributed by atoms with van der Waals surface area (Å²) in [6, 6.07) is 42.6. The summed E-state index contributed by atoms with van der Waals surface area (Å²) in [6.45, 7) is 16.2. The molecule has 2 heterocycles. The molecule has 6 aromatic rings. The molecule has 0 atom stereocenters. The first-order chi connectivity index (χ1) is 21.0. The van der Waals surface area contributed by atoms with E-state index in [0.717, 1.165) is 22.5 Å². The van der Waals surface area contributed by atoms with Crippen LogP contribution in [0, 0.1) is 12.1 Å². The van der Waals surface area contributed by atoms with Crippen molar-refractivity contribution < 1.29 is 20.1 Å². The number of nitrogens with zero attached hydrogens (tertiary/aromatic N) is 2. The molecule has 1 aliphatic carbocycles. The van der Waals surface area contributed by atoms with Gasteiger partial charge >= 0.3 is 0 Å². The van der Waals surface area contributed by atoms with E-state index in [9.17, 15) is 0 Å². The number of fused-ring (bicyclic) bond motifs is 4. The molecule has 4 aromatic carbocycles. The molecule has 3 heteroatoms. The Bertz CT molecular complexity index is 1900. The van der Waals surface area contributed by atoms with Crippen molar-refractivity contribution in [2.45, 2.75) is 64.7 Å². The van der Waals surface area contributed by atoms with Gasteiger partial charge in [-0.2, -0.15) is 0 Å². The predicted octanol–water partition coefficient (Wildman–Crippen LogP) is 10.5. The Labute approximate surface area is 282 Å². The first-order valence-electron chi connectivity index (χ1n) is 15.4. The van der Waals surface area contributed by atoms with Gasteiger partial charge < -0.3 is 9.97 Å². The molecular formula is C42H40IrN2-2. The van der Waals surface area contributed by atoms with Crippen LogP contribution in [0.4, 0.5) is 0 Å². The van der Waals surface area contributed by atoms with E-state index in [2.05, 4.69) is 126 Å². The van der Waals surface area contributed by atoms with Crippen LogP contribution in [0.3, 0.4) is 0 Å². The molecule has 0 amide bonds. The van der Waals surface area contributed by atoms with Gasteiger partial charge in [-0.25, -0.2) is 0 Å². The molecule has 0 saturated carbocycles. The van der Waals surface area contributed by atoms with Crippen molar-refractivity contribution in [3.05, 3.63) is 155 Å². The predicted molar refractivity (Wildman–Crippen MR) is 184 cm³/mol. The van der Waals surface area contributed by atoms with E-state index >= 15 is 0 Å². The summed E-state index contributed by atoms with van der Waals surface area (Å²) in [4.78, 5) is 9.04. The summed E-state index contributed by atoms with van der Waals surface area (Å²) >= 11 is 0. The monoisotopic (exact) mass is 765 g/mol. The molecule has 0 N–H and O–H groups in total. The van der Waals surface area contributed by atoms with Gasteiger partial charge in [0, 0.05) is 32.5 Å². The van der Waals surface area contributed by atoms with Crippen LogP contribution in [0.1, 0.15) is 76.3 Å². The SMILES string of the molecule is CC(C)(C)c1ccnc(-c2[c-]ccc3c2C(C)(C)c2ccc4ccccc4c2C3(C)C)c1.[Ir].[c-]1ccccc1-c1ccccn1. The standard InChI is InChI=1S/C31H32N.C11H8N.Ir/c1-29(2,3)21-17-18-32-26(19-21)23-13-10-14-24-28(23)31(6,7)25-16-15-20-11-8-9-12-22(20)27(25)30(24,4)5;1-2-6-10(7-3-1)11-8-4-5-9-12-11;/h8-12,14-19H,1-7H3;1-6,8-9H;/q2*-1;. The van der Waals surface area contributed by atoms with Crippen LogP contribution < -0.4 is 0 Å². The average Bonchev–Trinajstić information content (AvgIpc) is 3.04. The van der Waals surface area contributed by atoms with E-state index in [1.165, 1.54) is 38.6 Å².